The van der Waals surface area contributed by atoms with E-state index >= 15 is 0 Å². The highest BCUT2D eigenvalue weighted by molar-refractivity contribution is 5.26. The Balaban J connectivity index is 2.31. The van der Waals surface area contributed by atoms with Crippen molar-refractivity contribution in [2.45, 2.75) is 78.4 Å². The van der Waals surface area contributed by atoms with E-state index in [9.17, 15) is 4.79 Å². The summed E-state index contributed by atoms with van der Waals surface area (Å²) in [7, 11) is 0. The molecule has 0 radical (unpaired) electrons. The summed E-state index contributed by atoms with van der Waals surface area (Å²) in [5, 5.41) is 3.45. The molecule has 1 unspecified atom stereocenters. The van der Waals surface area contributed by atoms with Gasteiger partial charge < -0.3 is 9.88 Å². The average Bonchev–Trinajstić information content (AvgIpc) is 2.91. The highest BCUT2D eigenvalue weighted by atomic mass is 16.1. The number of nitrogens with one attached hydrogen (secondary N) is 1. The van der Waals surface area contributed by atoms with Crippen LogP contribution in [0.4, 0.5) is 0 Å². The zero-order valence-electron chi connectivity index (χ0n) is 13.3. The van der Waals surface area contributed by atoms with Crippen LogP contribution in [0.25, 0.3) is 0 Å². The Morgan fingerprint density at radius 1 is 1.35 bits per heavy atom. The van der Waals surface area contributed by atoms with E-state index in [-0.39, 0.29) is 5.56 Å². The molecule has 20 heavy (non-hydrogen) atoms. The highest BCUT2D eigenvalue weighted by Gasteiger charge is 2.21. The molecule has 2 rings (SSSR count). The Morgan fingerprint density at radius 2 is 2.00 bits per heavy atom. The molecule has 1 heterocycles. The van der Waals surface area contributed by atoms with Crippen molar-refractivity contribution in [2.24, 2.45) is 0 Å². The van der Waals surface area contributed by atoms with Gasteiger partial charge in [0.1, 0.15) is 0 Å². The van der Waals surface area contributed by atoms with E-state index in [4.69, 9.17) is 0 Å². The number of aromatic nitrogens is 1. The first kappa shape index (κ1) is 15.3. The fourth-order valence-electron chi connectivity index (χ4n) is 3.20. The fraction of sp³-hybridized carbons (Fsp3) is 0.706. The van der Waals surface area contributed by atoms with Gasteiger partial charge in [-0.25, -0.2) is 0 Å². The molecule has 1 aromatic rings. The van der Waals surface area contributed by atoms with E-state index in [2.05, 4.69) is 39.1 Å². The highest BCUT2D eigenvalue weighted by Crippen LogP contribution is 2.29. The van der Waals surface area contributed by atoms with E-state index in [1.54, 1.807) is 0 Å². The number of hydrogen-bond acceptors (Lipinski definition) is 2. The molecule has 3 heteroatoms. The first-order chi connectivity index (χ1) is 9.54. The van der Waals surface area contributed by atoms with Crippen molar-refractivity contribution in [3.63, 3.8) is 0 Å². The summed E-state index contributed by atoms with van der Waals surface area (Å²) < 4.78 is 2.05. The molecule has 1 atom stereocenters. The van der Waals surface area contributed by atoms with Crippen LogP contribution in [-0.4, -0.2) is 10.6 Å². The third kappa shape index (κ3) is 3.14. The van der Waals surface area contributed by atoms with Gasteiger partial charge in [0.05, 0.1) is 0 Å². The van der Waals surface area contributed by atoms with Gasteiger partial charge in [-0.2, -0.15) is 0 Å². The van der Waals surface area contributed by atoms with Gasteiger partial charge in [-0.05, 0) is 51.7 Å². The smallest absolute Gasteiger partial charge is 0.255 e. The molecular formula is C17H28N2O. The molecule has 1 aliphatic rings. The third-order valence-electron chi connectivity index (χ3n) is 4.69. The maximum atomic E-state index is 12.8. The first-order valence-electron chi connectivity index (χ1n) is 7.99. The lowest BCUT2D eigenvalue weighted by atomic mass is 10.1. The molecule has 0 bridgehead atoms. The third-order valence-corrected chi connectivity index (χ3v) is 4.69. The van der Waals surface area contributed by atoms with Gasteiger partial charge in [0.15, 0.2) is 0 Å². The molecule has 0 spiro atoms. The Hall–Kier alpha value is -1.09. The van der Waals surface area contributed by atoms with Crippen LogP contribution in [0.1, 0.15) is 68.8 Å². The fourth-order valence-corrected chi connectivity index (χ4v) is 3.20. The zero-order chi connectivity index (χ0) is 14.7. The summed E-state index contributed by atoms with van der Waals surface area (Å²) in [4.78, 5) is 12.8. The Kier molecular flexibility index (Phi) is 5.03. The van der Waals surface area contributed by atoms with Crippen LogP contribution in [0.2, 0.25) is 0 Å². The number of aryl methyl sites for hydroxylation is 2. The zero-order valence-corrected chi connectivity index (χ0v) is 13.3. The second kappa shape index (κ2) is 6.57. The monoisotopic (exact) mass is 276 g/mol. The molecule has 0 aliphatic heterocycles. The summed E-state index contributed by atoms with van der Waals surface area (Å²) >= 11 is 0. The number of pyridine rings is 1. The van der Waals surface area contributed by atoms with Crippen LogP contribution in [0, 0.1) is 13.8 Å². The van der Waals surface area contributed by atoms with Gasteiger partial charge in [-0.15, -0.1) is 0 Å². The van der Waals surface area contributed by atoms with Crippen molar-refractivity contribution in [3.05, 3.63) is 33.2 Å². The lowest BCUT2D eigenvalue weighted by molar-refractivity contribution is 0.479. The maximum Gasteiger partial charge on any atom is 0.255 e. The van der Waals surface area contributed by atoms with Crippen LogP contribution in [0.3, 0.4) is 0 Å². The van der Waals surface area contributed by atoms with E-state index in [1.807, 2.05) is 4.57 Å². The predicted molar refractivity (Wildman–Crippen MR) is 84.3 cm³/mol. The van der Waals surface area contributed by atoms with Crippen molar-refractivity contribution in [1.82, 2.24) is 9.88 Å². The molecule has 1 N–H and O–H groups in total. The number of hydrogen-bond donors (Lipinski definition) is 1. The summed E-state index contributed by atoms with van der Waals surface area (Å²) in [6.07, 6.45) is 5.90. The topological polar surface area (TPSA) is 34.0 Å². The Morgan fingerprint density at radius 3 is 2.60 bits per heavy atom. The second-order valence-corrected chi connectivity index (χ2v) is 6.25. The Bertz CT molecular complexity index is 512. The van der Waals surface area contributed by atoms with Crippen molar-refractivity contribution in [3.8, 4) is 0 Å². The lowest BCUT2D eigenvalue weighted by Gasteiger charge is -2.20. The van der Waals surface area contributed by atoms with Gasteiger partial charge in [-0.3, -0.25) is 4.79 Å². The van der Waals surface area contributed by atoms with Gasteiger partial charge in [0.25, 0.3) is 5.56 Å². The van der Waals surface area contributed by atoms with Crippen molar-refractivity contribution in [2.75, 3.05) is 0 Å². The molecule has 112 valence electrons. The molecule has 1 aromatic heterocycles. The van der Waals surface area contributed by atoms with Gasteiger partial charge in [-0.1, -0.05) is 19.8 Å². The van der Waals surface area contributed by atoms with Crippen molar-refractivity contribution >= 4 is 0 Å². The van der Waals surface area contributed by atoms with Gasteiger partial charge in [0, 0.05) is 29.9 Å². The Labute approximate surface area is 122 Å². The predicted octanol–water partition coefficient (Wildman–Crippen LogP) is 3.47. The minimum absolute atomic E-state index is 0.227. The van der Waals surface area contributed by atoms with Crippen molar-refractivity contribution < 1.29 is 0 Å². The normalized spacial score (nSPS) is 17.6. The van der Waals surface area contributed by atoms with E-state index in [0.717, 1.165) is 36.1 Å². The molecular weight excluding hydrogens is 248 g/mol. The first-order valence-corrected chi connectivity index (χ1v) is 7.99. The quantitative estimate of drug-likeness (QED) is 0.893. The van der Waals surface area contributed by atoms with Crippen LogP contribution in [0.15, 0.2) is 10.9 Å². The lowest BCUT2D eigenvalue weighted by Crippen LogP contribution is -2.34. The minimum atomic E-state index is 0.227. The number of nitrogens with zero attached hydrogens (tertiary/aromatic N) is 1. The van der Waals surface area contributed by atoms with Crippen LogP contribution in [-0.2, 0) is 6.54 Å². The summed E-state index contributed by atoms with van der Waals surface area (Å²) in [5.74, 6) is 0. The summed E-state index contributed by atoms with van der Waals surface area (Å²) in [6.45, 7) is 9.14. The standard InChI is InChI=1S/C17H28N2O/c1-5-13(3)18-11-16-12(2)10-14(4)19(17(16)20)15-8-6-7-9-15/h10,13,15,18H,5-9,11H2,1-4H3. The molecule has 1 aliphatic carbocycles. The average molecular weight is 276 g/mol. The van der Waals surface area contributed by atoms with Gasteiger partial charge >= 0.3 is 0 Å². The van der Waals surface area contributed by atoms with Crippen molar-refractivity contribution in [1.29, 1.82) is 0 Å². The van der Waals surface area contributed by atoms with E-state index in [1.165, 1.54) is 12.8 Å². The molecule has 0 aromatic carbocycles. The summed E-state index contributed by atoms with van der Waals surface area (Å²) in [6, 6.07) is 3.05. The molecule has 3 nitrogen and oxygen atoms in total. The second-order valence-electron chi connectivity index (χ2n) is 6.25. The molecule has 0 amide bonds. The van der Waals surface area contributed by atoms with E-state index in [0.29, 0.717) is 18.6 Å². The summed E-state index contributed by atoms with van der Waals surface area (Å²) in [5.41, 5.74) is 3.41. The molecule has 1 fully saturated rings. The van der Waals surface area contributed by atoms with E-state index < -0.39 is 0 Å². The molecule has 0 saturated heterocycles. The SMILES string of the molecule is CCC(C)NCc1c(C)cc(C)n(C2CCCC2)c1=O. The van der Waals surface area contributed by atoms with Crippen LogP contribution in [0.5, 0.6) is 0 Å². The maximum absolute atomic E-state index is 12.8. The largest absolute Gasteiger partial charge is 0.310 e. The van der Waals surface area contributed by atoms with Crippen LogP contribution >= 0.6 is 0 Å². The number of rotatable bonds is 5. The van der Waals surface area contributed by atoms with Crippen LogP contribution < -0.4 is 10.9 Å². The minimum Gasteiger partial charge on any atom is -0.310 e. The van der Waals surface area contributed by atoms with Gasteiger partial charge in [0.2, 0.25) is 0 Å². The molecule has 1 saturated carbocycles.